The van der Waals surface area contributed by atoms with E-state index < -0.39 is 0 Å². The van der Waals surface area contributed by atoms with Gasteiger partial charge in [0, 0.05) is 18.8 Å². The summed E-state index contributed by atoms with van der Waals surface area (Å²) in [7, 11) is 0. The molecule has 1 N–H and O–H groups in total. The molecule has 4 rings (SSSR count). The van der Waals surface area contributed by atoms with E-state index in [1.165, 1.54) is 5.56 Å². The molecular weight excluding hydrogens is 372 g/mol. The van der Waals surface area contributed by atoms with Crippen molar-refractivity contribution in [2.24, 2.45) is 5.92 Å². The number of anilines is 2. The van der Waals surface area contributed by atoms with Gasteiger partial charge in [-0.3, -0.25) is 4.79 Å². The molecule has 1 fully saturated rings. The Morgan fingerprint density at radius 1 is 1.03 bits per heavy atom. The lowest BCUT2D eigenvalue weighted by Crippen LogP contribution is -2.34. The SMILES string of the molecule is N#Cc1ccc(NC(=O)c2ccc(N3CCC(Cc4ccccc4)CC3)cn2)cc1. The summed E-state index contributed by atoms with van der Waals surface area (Å²) in [6.45, 7) is 2.02. The number of carbonyl (C=O) groups is 1. The summed E-state index contributed by atoms with van der Waals surface area (Å²) in [5, 5.41) is 11.7. The van der Waals surface area contributed by atoms with E-state index in [1.807, 2.05) is 6.07 Å². The molecule has 5 nitrogen and oxygen atoms in total. The van der Waals surface area contributed by atoms with Crippen molar-refractivity contribution < 1.29 is 4.79 Å². The molecule has 1 saturated heterocycles. The molecule has 1 aliphatic heterocycles. The molecule has 3 aromatic rings. The van der Waals surface area contributed by atoms with Crippen molar-refractivity contribution >= 4 is 17.3 Å². The highest BCUT2D eigenvalue weighted by Crippen LogP contribution is 2.25. The number of hydrogen-bond acceptors (Lipinski definition) is 4. The van der Waals surface area contributed by atoms with Crippen molar-refractivity contribution in [3.63, 3.8) is 0 Å². The van der Waals surface area contributed by atoms with Gasteiger partial charge in [-0.1, -0.05) is 30.3 Å². The molecule has 1 aliphatic rings. The standard InChI is InChI=1S/C25H24N4O/c26-17-21-6-8-22(9-7-21)28-25(30)24-11-10-23(18-27-24)29-14-12-20(13-15-29)16-19-4-2-1-3-5-19/h1-11,18,20H,12-16H2,(H,28,30). The van der Waals surface area contributed by atoms with Crippen LogP contribution in [0, 0.1) is 17.2 Å². The molecule has 0 atom stereocenters. The van der Waals surface area contributed by atoms with Gasteiger partial charge in [0.1, 0.15) is 5.69 Å². The van der Waals surface area contributed by atoms with Crippen LogP contribution in [0.3, 0.4) is 0 Å². The quantitative estimate of drug-likeness (QED) is 0.681. The van der Waals surface area contributed by atoms with Gasteiger partial charge in [0.25, 0.3) is 5.91 Å². The minimum Gasteiger partial charge on any atom is -0.370 e. The van der Waals surface area contributed by atoms with Gasteiger partial charge in [0.2, 0.25) is 0 Å². The number of nitrogens with zero attached hydrogens (tertiary/aromatic N) is 3. The van der Waals surface area contributed by atoms with Gasteiger partial charge in [0.05, 0.1) is 23.5 Å². The zero-order valence-electron chi connectivity index (χ0n) is 16.8. The molecule has 5 heteroatoms. The maximum Gasteiger partial charge on any atom is 0.274 e. The molecule has 2 heterocycles. The highest BCUT2D eigenvalue weighted by atomic mass is 16.1. The fourth-order valence-corrected chi connectivity index (χ4v) is 3.87. The molecular formula is C25H24N4O. The maximum absolute atomic E-state index is 12.4. The fourth-order valence-electron chi connectivity index (χ4n) is 3.87. The summed E-state index contributed by atoms with van der Waals surface area (Å²) in [4.78, 5) is 19.1. The first-order valence-corrected chi connectivity index (χ1v) is 10.3. The zero-order chi connectivity index (χ0) is 20.8. The van der Waals surface area contributed by atoms with Gasteiger partial charge in [-0.05, 0) is 67.1 Å². The van der Waals surface area contributed by atoms with Crippen LogP contribution in [0.2, 0.25) is 0 Å². The van der Waals surface area contributed by atoms with E-state index in [0.717, 1.165) is 38.0 Å². The molecule has 0 spiro atoms. The fraction of sp³-hybridized carbons (Fsp3) is 0.240. The second-order valence-corrected chi connectivity index (χ2v) is 7.67. The second-order valence-electron chi connectivity index (χ2n) is 7.67. The van der Waals surface area contributed by atoms with Crippen molar-refractivity contribution in [1.82, 2.24) is 4.98 Å². The summed E-state index contributed by atoms with van der Waals surface area (Å²) in [6, 6.07) is 23.3. The summed E-state index contributed by atoms with van der Waals surface area (Å²) in [5.41, 5.74) is 4.05. The molecule has 0 unspecified atom stereocenters. The molecule has 0 aliphatic carbocycles. The number of amides is 1. The van der Waals surface area contributed by atoms with E-state index in [-0.39, 0.29) is 5.91 Å². The predicted molar refractivity (Wildman–Crippen MR) is 118 cm³/mol. The first-order valence-electron chi connectivity index (χ1n) is 10.3. The number of aromatic nitrogens is 1. The number of nitriles is 1. The highest BCUT2D eigenvalue weighted by Gasteiger charge is 2.20. The van der Waals surface area contributed by atoms with E-state index in [2.05, 4.69) is 51.6 Å². The van der Waals surface area contributed by atoms with E-state index in [4.69, 9.17) is 5.26 Å². The third-order valence-corrected chi connectivity index (χ3v) is 5.60. The molecule has 0 saturated carbocycles. The van der Waals surface area contributed by atoms with Crippen LogP contribution < -0.4 is 10.2 Å². The molecule has 1 amide bonds. The van der Waals surface area contributed by atoms with Crippen LogP contribution in [0.5, 0.6) is 0 Å². The lowest BCUT2D eigenvalue weighted by Gasteiger charge is -2.33. The third-order valence-electron chi connectivity index (χ3n) is 5.60. The van der Waals surface area contributed by atoms with Gasteiger partial charge in [-0.2, -0.15) is 5.26 Å². The molecule has 0 bridgehead atoms. The summed E-state index contributed by atoms with van der Waals surface area (Å²) < 4.78 is 0. The molecule has 2 aromatic carbocycles. The Kier molecular flexibility index (Phi) is 6.05. The predicted octanol–water partition coefficient (Wildman–Crippen LogP) is 4.66. The number of benzene rings is 2. The zero-order valence-corrected chi connectivity index (χ0v) is 16.8. The summed E-state index contributed by atoms with van der Waals surface area (Å²) in [5.74, 6) is 0.460. The Balaban J connectivity index is 1.31. The van der Waals surface area contributed by atoms with Gasteiger partial charge in [0.15, 0.2) is 0 Å². The molecule has 0 radical (unpaired) electrons. The Hall–Kier alpha value is -3.65. The molecule has 150 valence electrons. The van der Waals surface area contributed by atoms with Gasteiger partial charge < -0.3 is 10.2 Å². The van der Waals surface area contributed by atoms with Crippen molar-refractivity contribution in [1.29, 1.82) is 5.26 Å². The summed E-state index contributed by atoms with van der Waals surface area (Å²) >= 11 is 0. The Bertz CT molecular complexity index is 1020. The van der Waals surface area contributed by atoms with E-state index in [0.29, 0.717) is 22.9 Å². The van der Waals surface area contributed by atoms with E-state index in [1.54, 1.807) is 36.5 Å². The number of pyridine rings is 1. The monoisotopic (exact) mass is 396 g/mol. The van der Waals surface area contributed by atoms with E-state index >= 15 is 0 Å². The number of rotatable bonds is 5. The number of nitrogens with one attached hydrogen (secondary N) is 1. The summed E-state index contributed by atoms with van der Waals surface area (Å²) in [6.07, 6.45) is 5.25. The molecule has 1 aromatic heterocycles. The van der Waals surface area contributed by atoms with Crippen LogP contribution in [0.25, 0.3) is 0 Å². The highest BCUT2D eigenvalue weighted by molar-refractivity contribution is 6.02. The number of hydrogen-bond donors (Lipinski definition) is 1. The van der Waals surface area contributed by atoms with Crippen LogP contribution in [-0.4, -0.2) is 24.0 Å². The Morgan fingerprint density at radius 2 is 1.77 bits per heavy atom. The number of carbonyl (C=O) groups excluding carboxylic acids is 1. The van der Waals surface area contributed by atoms with E-state index in [9.17, 15) is 4.79 Å². The van der Waals surface area contributed by atoms with Gasteiger partial charge >= 0.3 is 0 Å². The van der Waals surface area contributed by atoms with Crippen molar-refractivity contribution in [3.05, 3.63) is 89.7 Å². The van der Waals surface area contributed by atoms with Crippen LogP contribution in [0.15, 0.2) is 72.9 Å². The maximum atomic E-state index is 12.4. The minimum atomic E-state index is -0.257. The minimum absolute atomic E-state index is 0.257. The smallest absolute Gasteiger partial charge is 0.274 e. The van der Waals surface area contributed by atoms with Crippen molar-refractivity contribution in [2.75, 3.05) is 23.3 Å². The largest absolute Gasteiger partial charge is 0.370 e. The van der Waals surface area contributed by atoms with Crippen LogP contribution in [-0.2, 0) is 6.42 Å². The topological polar surface area (TPSA) is 69.0 Å². The van der Waals surface area contributed by atoms with Crippen LogP contribution in [0.1, 0.15) is 34.5 Å². The third kappa shape index (κ3) is 4.84. The Morgan fingerprint density at radius 3 is 2.40 bits per heavy atom. The molecule has 30 heavy (non-hydrogen) atoms. The van der Waals surface area contributed by atoms with Crippen LogP contribution in [0.4, 0.5) is 11.4 Å². The second kappa shape index (κ2) is 9.23. The average Bonchev–Trinajstić information content (AvgIpc) is 2.81. The average molecular weight is 396 g/mol. The first-order chi connectivity index (χ1) is 14.7. The van der Waals surface area contributed by atoms with Crippen LogP contribution >= 0.6 is 0 Å². The first kappa shape index (κ1) is 19.7. The van der Waals surface area contributed by atoms with Crippen molar-refractivity contribution in [2.45, 2.75) is 19.3 Å². The lowest BCUT2D eigenvalue weighted by atomic mass is 9.90. The van der Waals surface area contributed by atoms with Gasteiger partial charge in [-0.15, -0.1) is 0 Å². The Labute approximate surface area is 177 Å². The normalized spacial score (nSPS) is 14.2. The lowest BCUT2D eigenvalue weighted by molar-refractivity contribution is 0.102. The van der Waals surface area contributed by atoms with Gasteiger partial charge in [-0.25, -0.2) is 4.98 Å². The van der Waals surface area contributed by atoms with Crippen molar-refractivity contribution in [3.8, 4) is 6.07 Å². The number of piperidine rings is 1.